The first-order valence-electron chi connectivity index (χ1n) is 6.06. The average molecular weight is 327 g/mol. The predicted octanol–water partition coefficient (Wildman–Crippen LogP) is 3.04. The van der Waals surface area contributed by atoms with Gasteiger partial charge in [-0.05, 0) is 36.8 Å². The third-order valence-corrected chi connectivity index (χ3v) is 4.93. The van der Waals surface area contributed by atoms with Gasteiger partial charge < -0.3 is 10.5 Å². The van der Waals surface area contributed by atoms with E-state index in [1.54, 1.807) is 31.2 Å². The molecule has 112 valence electrons. The van der Waals surface area contributed by atoms with Crippen molar-refractivity contribution in [1.82, 2.24) is 0 Å². The zero-order valence-electron chi connectivity index (χ0n) is 11.6. The van der Waals surface area contributed by atoms with Crippen LogP contribution < -0.4 is 15.2 Å². The Bertz CT molecular complexity index is 776. The van der Waals surface area contributed by atoms with Crippen molar-refractivity contribution in [2.75, 3.05) is 17.6 Å². The number of nitrogens with one attached hydrogen (secondary N) is 1. The van der Waals surface area contributed by atoms with Crippen molar-refractivity contribution in [3.8, 4) is 5.75 Å². The summed E-state index contributed by atoms with van der Waals surface area (Å²) in [5, 5.41) is 0.386. The minimum Gasteiger partial charge on any atom is -0.497 e. The minimum absolute atomic E-state index is 0.109. The van der Waals surface area contributed by atoms with Gasteiger partial charge in [-0.1, -0.05) is 17.7 Å². The lowest BCUT2D eigenvalue weighted by atomic mass is 10.2. The Morgan fingerprint density at radius 3 is 2.62 bits per heavy atom. The fourth-order valence-corrected chi connectivity index (χ4v) is 3.41. The number of sulfonamides is 1. The van der Waals surface area contributed by atoms with Gasteiger partial charge in [0.2, 0.25) is 0 Å². The maximum Gasteiger partial charge on any atom is 0.262 e. The Morgan fingerprint density at radius 1 is 1.24 bits per heavy atom. The van der Waals surface area contributed by atoms with E-state index < -0.39 is 10.0 Å². The second kappa shape index (κ2) is 5.83. The third kappa shape index (κ3) is 3.22. The molecule has 0 saturated heterocycles. The fourth-order valence-electron chi connectivity index (χ4n) is 1.83. The van der Waals surface area contributed by atoms with Gasteiger partial charge in [0.1, 0.15) is 5.75 Å². The summed E-state index contributed by atoms with van der Waals surface area (Å²) in [6.07, 6.45) is 0. The molecule has 3 N–H and O–H groups in total. The van der Waals surface area contributed by atoms with Gasteiger partial charge >= 0.3 is 0 Å². The Kier molecular flexibility index (Phi) is 4.29. The molecule has 0 fully saturated rings. The van der Waals surface area contributed by atoms with Crippen molar-refractivity contribution in [3.05, 3.63) is 47.0 Å². The molecular weight excluding hydrogens is 312 g/mol. The highest BCUT2D eigenvalue weighted by Gasteiger charge is 2.19. The molecule has 2 rings (SSSR count). The number of rotatable bonds is 4. The molecule has 0 heterocycles. The lowest BCUT2D eigenvalue weighted by Gasteiger charge is -2.13. The van der Waals surface area contributed by atoms with Gasteiger partial charge in [0, 0.05) is 11.1 Å². The van der Waals surface area contributed by atoms with Crippen molar-refractivity contribution in [1.29, 1.82) is 0 Å². The first-order chi connectivity index (χ1) is 9.85. The number of nitrogens with two attached hydrogens (primary N) is 1. The zero-order valence-corrected chi connectivity index (χ0v) is 13.1. The van der Waals surface area contributed by atoms with Crippen molar-refractivity contribution in [3.63, 3.8) is 0 Å². The van der Waals surface area contributed by atoms with Gasteiger partial charge in [0.05, 0.1) is 23.4 Å². The Labute approximate surface area is 128 Å². The van der Waals surface area contributed by atoms with Crippen LogP contribution in [-0.2, 0) is 10.0 Å². The van der Waals surface area contributed by atoms with E-state index in [9.17, 15) is 8.42 Å². The molecule has 0 radical (unpaired) electrons. The summed E-state index contributed by atoms with van der Waals surface area (Å²) in [6.45, 7) is 1.64. The van der Waals surface area contributed by atoms with E-state index in [0.717, 1.165) is 0 Å². The van der Waals surface area contributed by atoms with Gasteiger partial charge in [0.25, 0.3) is 10.0 Å². The summed E-state index contributed by atoms with van der Waals surface area (Å²) in [6, 6.07) is 9.45. The molecule has 0 aliphatic rings. The van der Waals surface area contributed by atoms with E-state index in [1.807, 2.05) is 0 Å². The standard InChI is InChI=1S/C14H15ClN2O3S/c1-9-11(15)4-3-5-14(9)21(18,19)17-13-8-10(20-2)6-7-12(13)16/h3-8,17H,16H2,1-2H3. The van der Waals surface area contributed by atoms with Crippen molar-refractivity contribution in [2.45, 2.75) is 11.8 Å². The Balaban J connectivity index is 2.45. The summed E-state index contributed by atoms with van der Waals surface area (Å²) in [7, 11) is -2.29. The van der Waals surface area contributed by atoms with Gasteiger partial charge in [-0.25, -0.2) is 8.42 Å². The van der Waals surface area contributed by atoms with Crippen LogP contribution in [0, 0.1) is 6.92 Å². The molecule has 0 aromatic heterocycles. The molecule has 0 spiro atoms. The predicted molar refractivity (Wildman–Crippen MR) is 84.4 cm³/mol. The number of hydrogen-bond donors (Lipinski definition) is 2. The topological polar surface area (TPSA) is 81.4 Å². The number of ether oxygens (including phenoxy) is 1. The molecule has 0 aliphatic heterocycles. The lowest BCUT2D eigenvalue weighted by Crippen LogP contribution is -2.15. The molecule has 2 aromatic carbocycles. The lowest BCUT2D eigenvalue weighted by molar-refractivity contribution is 0.415. The SMILES string of the molecule is COc1ccc(N)c(NS(=O)(=O)c2cccc(Cl)c2C)c1. The molecule has 2 aromatic rings. The van der Waals surface area contributed by atoms with E-state index in [2.05, 4.69) is 4.72 Å². The van der Waals surface area contributed by atoms with E-state index >= 15 is 0 Å². The van der Waals surface area contributed by atoms with Crippen molar-refractivity contribution >= 4 is 33.0 Å². The molecule has 5 nitrogen and oxygen atoms in total. The summed E-state index contributed by atoms with van der Waals surface area (Å²) in [5.74, 6) is 0.504. The molecule has 0 saturated carbocycles. The Morgan fingerprint density at radius 2 is 1.95 bits per heavy atom. The van der Waals surface area contributed by atoms with Crippen LogP contribution >= 0.6 is 11.6 Å². The van der Waals surface area contributed by atoms with Crippen LogP contribution in [-0.4, -0.2) is 15.5 Å². The smallest absolute Gasteiger partial charge is 0.262 e. The van der Waals surface area contributed by atoms with Crippen LogP contribution in [0.2, 0.25) is 5.02 Å². The highest BCUT2D eigenvalue weighted by Crippen LogP contribution is 2.29. The summed E-state index contributed by atoms with van der Waals surface area (Å²) >= 11 is 5.96. The first-order valence-corrected chi connectivity index (χ1v) is 7.92. The number of benzene rings is 2. The monoisotopic (exact) mass is 326 g/mol. The molecule has 0 bridgehead atoms. The van der Waals surface area contributed by atoms with Crippen LogP contribution in [0.15, 0.2) is 41.3 Å². The second-order valence-electron chi connectivity index (χ2n) is 4.42. The summed E-state index contributed by atoms with van der Waals surface area (Å²) in [4.78, 5) is 0.109. The average Bonchev–Trinajstić information content (AvgIpc) is 2.44. The molecule has 0 amide bonds. The van der Waals surface area contributed by atoms with Crippen LogP contribution in [0.4, 0.5) is 11.4 Å². The van der Waals surface area contributed by atoms with Gasteiger partial charge in [-0.2, -0.15) is 0 Å². The van der Waals surface area contributed by atoms with Crippen LogP contribution in [0.1, 0.15) is 5.56 Å². The summed E-state index contributed by atoms with van der Waals surface area (Å²) in [5.41, 5.74) is 6.83. The third-order valence-electron chi connectivity index (χ3n) is 3.01. The quantitative estimate of drug-likeness (QED) is 0.846. The van der Waals surface area contributed by atoms with Gasteiger partial charge in [-0.3, -0.25) is 4.72 Å². The van der Waals surface area contributed by atoms with Crippen LogP contribution in [0.5, 0.6) is 5.75 Å². The van der Waals surface area contributed by atoms with E-state index in [1.165, 1.54) is 19.2 Å². The number of methoxy groups -OCH3 is 1. The van der Waals surface area contributed by atoms with Gasteiger partial charge in [-0.15, -0.1) is 0 Å². The number of hydrogen-bond acceptors (Lipinski definition) is 4. The fraction of sp³-hybridized carbons (Fsp3) is 0.143. The van der Waals surface area contributed by atoms with Gasteiger partial charge in [0.15, 0.2) is 0 Å². The van der Waals surface area contributed by atoms with E-state index in [4.69, 9.17) is 22.1 Å². The largest absolute Gasteiger partial charge is 0.497 e. The van der Waals surface area contributed by atoms with Crippen LogP contribution in [0.25, 0.3) is 0 Å². The minimum atomic E-state index is -3.78. The highest BCUT2D eigenvalue weighted by atomic mass is 35.5. The molecular formula is C14H15ClN2O3S. The molecule has 0 unspecified atom stereocenters. The molecule has 0 aliphatic carbocycles. The molecule has 0 atom stereocenters. The van der Waals surface area contributed by atoms with Crippen molar-refractivity contribution in [2.24, 2.45) is 0 Å². The van der Waals surface area contributed by atoms with Crippen LogP contribution in [0.3, 0.4) is 0 Å². The zero-order chi connectivity index (χ0) is 15.6. The molecule has 7 heteroatoms. The highest BCUT2D eigenvalue weighted by molar-refractivity contribution is 7.92. The maximum absolute atomic E-state index is 12.5. The normalized spacial score (nSPS) is 11.2. The number of nitrogen functional groups attached to an aromatic ring is 1. The number of halogens is 1. The van der Waals surface area contributed by atoms with E-state index in [-0.39, 0.29) is 10.6 Å². The van der Waals surface area contributed by atoms with Crippen molar-refractivity contribution < 1.29 is 13.2 Å². The van der Waals surface area contributed by atoms with E-state index in [0.29, 0.717) is 22.0 Å². The molecule has 21 heavy (non-hydrogen) atoms. The Hall–Kier alpha value is -1.92. The second-order valence-corrected chi connectivity index (χ2v) is 6.48. The maximum atomic E-state index is 12.5. The summed E-state index contributed by atoms with van der Waals surface area (Å²) < 4.78 is 32.4. The number of anilines is 2. The first kappa shape index (κ1) is 15.5.